The van der Waals surface area contributed by atoms with E-state index in [1.807, 2.05) is 36.4 Å². The van der Waals surface area contributed by atoms with Crippen LogP contribution in [0.4, 0.5) is 4.39 Å². The van der Waals surface area contributed by atoms with Crippen LogP contribution in [0.5, 0.6) is 0 Å². The summed E-state index contributed by atoms with van der Waals surface area (Å²) >= 11 is 0. The monoisotopic (exact) mass is 355 g/mol. The molecule has 0 saturated carbocycles. The Bertz CT molecular complexity index is 1070. The van der Waals surface area contributed by atoms with Crippen LogP contribution in [0.2, 0.25) is 0 Å². The lowest BCUT2D eigenvalue weighted by Gasteiger charge is -2.08. The molecule has 2 heteroatoms. The van der Waals surface area contributed by atoms with E-state index >= 15 is 0 Å². The van der Waals surface area contributed by atoms with Gasteiger partial charge in [-0.05, 0) is 51.9 Å². The molecule has 4 aromatic carbocycles. The summed E-state index contributed by atoms with van der Waals surface area (Å²) in [5, 5.41) is 2.50. The third-order valence-corrected chi connectivity index (χ3v) is 5.05. The standard InChI is InChI=1S/C25H22FN/c26-25-16-19(10-14-24(25)22-12-8-20(17-27)9-13-22)6-5-18-7-11-21-3-1-2-4-23(21)15-18/h1-4,7-16H,5-6,17,27H2. The van der Waals surface area contributed by atoms with Crippen LogP contribution in [0.3, 0.4) is 0 Å². The molecule has 0 fully saturated rings. The summed E-state index contributed by atoms with van der Waals surface area (Å²) in [5.74, 6) is -0.175. The third-order valence-electron chi connectivity index (χ3n) is 5.05. The van der Waals surface area contributed by atoms with E-state index in [9.17, 15) is 4.39 Å². The van der Waals surface area contributed by atoms with Crippen LogP contribution in [0, 0.1) is 5.82 Å². The van der Waals surface area contributed by atoms with E-state index in [1.54, 1.807) is 6.07 Å². The van der Waals surface area contributed by atoms with Gasteiger partial charge in [-0.2, -0.15) is 0 Å². The molecule has 134 valence electrons. The van der Waals surface area contributed by atoms with Crippen LogP contribution in [0.25, 0.3) is 21.9 Å². The number of aryl methyl sites for hydroxylation is 2. The Kier molecular flexibility index (Phi) is 4.99. The van der Waals surface area contributed by atoms with Gasteiger partial charge in [0.1, 0.15) is 5.82 Å². The average molecular weight is 355 g/mol. The van der Waals surface area contributed by atoms with E-state index in [4.69, 9.17) is 5.73 Å². The average Bonchev–Trinajstić information content (AvgIpc) is 2.72. The van der Waals surface area contributed by atoms with Crippen LogP contribution in [0.1, 0.15) is 16.7 Å². The van der Waals surface area contributed by atoms with Crippen molar-refractivity contribution in [2.75, 3.05) is 0 Å². The Morgan fingerprint density at radius 2 is 1.26 bits per heavy atom. The van der Waals surface area contributed by atoms with E-state index in [1.165, 1.54) is 16.3 Å². The van der Waals surface area contributed by atoms with E-state index in [-0.39, 0.29) is 5.82 Å². The molecule has 0 saturated heterocycles. The van der Waals surface area contributed by atoms with Crippen molar-refractivity contribution in [1.29, 1.82) is 0 Å². The van der Waals surface area contributed by atoms with Gasteiger partial charge in [0.05, 0.1) is 0 Å². The topological polar surface area (TPSA) is 26.0 Å². The molecule has 0 aliphatic heterocycles. The van der Waals surface area contributed by atoms with Crippen LogP contribution in [0.15, 0.2) is 84.9 Å². The Morgan fingerprint density at radius 1 is 0.630 bits per heavy atom. The zero-order chi connectivity index (χ0) is 18.6. The molecule has 0 aliphatic rings. The molecule has 0 unspecified atom stereocenters. The third kappa shape index (κ3) is 3.91. The second kappa shape index (κ2) is 7.73. The fourth-order valence-electron chi connectivity index (χ4n) is 3.45. The minimum absolute atomic E-state index is 0.175. The SMILES string of the molecule is NCc1ccc(-c2ccc(CCc3ccc4ccccc4c3)cc2F)cc1. The predicted molar refractivity (Wildman–Crippen MR) is 111 cm³/mol. The minimum atomic E-state index is -0.175. The predicted octanol–water partition coefficient (Wildman–Crippen LogP) is 5.89. The number of fused-ring (bicyclic) bond motifs is 1. The maximum absolute atomic E-state index is 14.6. The van der Waals surface area contributed by atoms with Crippen LogP contribution >= 0.6 is 0 Å². The molecule has 4 aromatic rings. The molecule has 0 radical (unpaired) electrons. The number of hydrogen-bond acceptors (Lipinski definition) is 1. The summed E-state index contributed by atoms with van der Waals surface area (Å²) < 4.78 is 14.6. The molecule has 0 amide bonds. The summed E-state index contributed by atoms with van der Waals surface area (Å²) in [6, 6.07) is 28.2. The zero-order valence-corrected chi connectivity index (χ0v) is 15.2. The highest BCUT2D eigenvalue weighted by Crippen LogP contribution is 2.25. The van der Waals surface area contributed by atoms with Gasteiger partial charge in [0, 0.05) is 12.1 Å². The number of halogens is 1. The number of rotatable bonds is 5. The normalized spacial score (nSPS) is 11.0. The van der Waals surface area contributed by atoms with Gasteiger partial charge >= 0.3 is 0 Å². The molecule has 2 N–H and O–H groups in total. The zero-order valence-electron chi connectivity index (χ0n) is 15.2. The van der Waals surface area contributed by atoms with Gasteiger partial charge in [-0.1, -0.05) is 78.9 Å². The van der Waals surface area contributed by atoms with Gasteiger partial charge in [0.2, 0.25) is 0 Å². The van der Waals surface area contributed by atoms with Crippen LogP contribution < -0.4 is 5.73 Å². The molecule has 0 heterocycles. The van der Waals surface area contributed by atoms with Crippen molar-refractivity contribution in [3.8, 4) is 11.1 Å². The first-order chi connectivity index (χ1) is 13.2. The summed E-state index contributed by atoms with van der Waals surface area (Å²) in [4.78, 5) is 0. The summed E-state index contributed by atoms with van der Waals surface area (Å²) in [6.45, 7) is 0.497. The van der Waals surface area contributed by atoms with Crippen LogP contribution in [-0.2, 0) is 19.4 Å². The second-order valence-corrected chi connectivity index (χ2v) is 6.90. The van der Waals surface area contributed by atoms with Crippen molar-refractivity contribution in [1.82, 2.24) is 0 Å². The molecule has 27 heavy (non-hydrogen) atoms. The quantitative estimate of drug-likeness (QED) is 0.474. The van der Waals surface area contributed by atoms with Gasteiger partial charge in [0.25, 0.3) is 0 Å². The Balaban J connectivity index is 1.49. The summed E-state index contributed by atoms with van der Waals surface area (Å²) in [5.41, 5.74) is 10.5. The maximum Gasteiger partial charge on any atom is 0.131 e. The molecular weight excluding hydrogens is 333 g/mol. The second-order valence-electron chi connectivity index (χ2n) is 6.90. The molecule has 0 aliphatic carbocycles. The van der Waals surface area contributed by atoms with Gasteiger partial charge < -0.3 is 5.73 Å². The highest BCUT2D eigenvalue weighted by atomic mass is 19.1. The van der Waals surface area contributed by atoms with Gasteiger partial charge in [-0.15, -0.1) is 0 Å². The lowest BCUT2D eigenvalue weighted by molar-refractivity contribution is 0.628. The molecule has 4 rings (SSSR count). The largest absolute Gasteiger partial charge is 0.326 e. The van der Waals surface area contributed by atoms with E-state index in [2.05, 4.69) is 42.5 Å². The first-order valence-corrected chi connectivity index (χ1v) is 9.28. The molecule has 0 aromatic heterocycles. The van der Waals surface area contributed by atoms with Gasteiger partial charge in [-0.3, -0.25) is 0 Å². The van der Waals surface area contributed by atoms with Crippen molar-refractivity contribution in [3.05, 3.63) is 107 Å². The molecule has 0 spiro atoms. The summed E-state index contributed by atoms with van der Waals surface area (Å²) in [7, 11) is 0. The Labute approximate surface area is 159 Å². The number of nitrogens with two attached hydrogens (primary N) is 1. The first kappa shape index (κ1) is 17.4. The highest BCUT2D eigenvalue weighted by Gasteiger charge is 2.07. The lowest BCUT2D eigenvalue weighted by atomic mass is 9.98. The van der Waals surface area contributed by atoms with E-state index in [0.29, 0.717) is 12.1 Å². The van der Waals surface area contributed by atoms with E-state index in [0.717, 1.165) is 29.5 Å². The smallest absolute Gasteiger partial charge is 0.131 e. The molecule has 1 nitrogen and oxygen atoms in total. The van der Waals surface area contributed by atoms with Crippen molar-refractivity contribution in [2.24, 2.45) is 5.73 Å². The van der Waals surface area contributed by atoms with Crippen molar-refractivity contribution in [2.45, 2.75) is 19.4 Å². The van der Waals surface area contributed by atoms with E-state index < -0.39 is 0 Å². The Hall–Kier alpha value is -2.97. The Morgan fingerprint density at radius 3 is 1.96 bits per heavy atom. The summed E-state index contributed by atoms with van der Waals surface area (Å²) in [6.07, 6.45) is 1.72. The lowest BCUT2D eigenvalue weighted by Crippen LogP contribution is -1.96. The van der Waals surface area contributed by atoms with Gasteiger partial charge in [-0.25, -0.2) is 4.39 Å². The molecule has 0 bridgehead atoms. The number of benzene rings is 4. The maximum atomic E-state index is 14.6. The first-order valence-electron chi connectivity index (χ1n) is 9.28. The van der Waals surface area contributed by atoms with Crippen molar-refractivity contribution in [3.63, 3.8) is 0 Å². The molecule has 0 atom stereocenters. The van der Waals surface area contributed by atoms with Crippen molar-refractivity contribution >= 4 is 10.8 Å². The molecular formula is C25H22FN. The number of hydrogen-bond donors (Lipinski definition) is 1. The fourth-order valence-corrected chi connectivity index (χ4v) is 3.45. The fraction of sp³-hybridized carbons (Fsp3) is 0.120. The van der Waals surface area contributed by atoms with Crippen molar-refractivity contribution < 1.29 is 4.39 Å². The highest BCUT2D eigenvalue weighted by molar-refractivity contribution is 5.83. The van der Waals surface area contributed by atoms with Crippen LogP contribution in [-0.4, -0.2) is 0 Å². The van der Waals surface area contributed by atoms with Gasteiger partial charge in [0.15, 0.2) is 0 Å². The minimum Gasteiger partial charge on any atom is -0.326 e.